The molecule has 7 nitrogen and oxygen atoms in total. The number of ether oxygens (including phenoxy) is 2. The van der Waals surface area contributed by atoms with Crippen LogP contribution in [0.15, 0.2) is 36.5 Å². The smallest absolute Gasteiger partial charge is 0.255 e. The molecule has 1 fully saturated rings. The van der Waals surface area contributed by atoms with Gasteiger partial charge in [0.1, 0.15) is 18.5 Å². The maximum atomic E-state index is 12.5. The number of carbonyl (C=O) groups is 1. The van der Waals surface area contributed by atoms with E-state index < -0.39 is 0 Å². The van der Waals surface area contributed by atoms with E-state index in [9.17, 15) is 4.79 Å². The van der Waals surface area contributed by atoms with Crippen LogP contribution in [0, 0.1) is 0 Å². The van der Waals surface area contributed by atoms with E-state index in [-0.39, 0.29) is 23.9 Å². The molecule has 1 amide bonds. The van der Waals surface area contributed by atoms with Crippen LogP contribution < -0.4 is 20.5 Å². The first-order valence-corrected chi connectivity index (χ1v) is 10.3. The molecular formula is C21H25ClN4O3. The van der Waals surface area contributed by atoms with Gasteiger partial charge in [-0.2, -0.15) is 0 Å². The van der Waals surface area contributed by atoms with E-state index >= 15 is 0 Å². The van der Waals surface area contributed by atoms with Gasteiger partial charge in [0.2, 0.25) is 0 Å². The van der Waals surface area contributed by atoms with Crippen molar-refractivity contribution in [3.63, 3.8) is 0 Å². The predicted molar refractivity (Wildman–Crippen MR) is 112 cm³/mol. The molecule has 29 heavy (non-hydrogen) atoms. The molecular weight excluding hydrogens is 392 g/mol. The van der Waals surface area contributed by atoms with Crippen molar-refractivity contribution in [2.75, 3.05) is 32.0 Å². The van der Waals surface area contributed by atoms with Crippen molar-refractivity contribution in [1.82, 2.24) is 15.2 Å². The van der Waals surface area contributed by atoms with Crippen LogP contribution in [0.3, 0.4) is 0 Å². The van der Waals surface area contributed by atoms with E-state index in [4.69, 9.17) is 26.8 Å². The van der Waals surface area contributed by atoms with E-state index in [1.165, 1.54) is 0 Å². The molecule has 3 N–H and O–H groups in total. The first kappa shape index (κ1) is 19.8. The van der Waals surface area contributed by atoms with Gasteiger partial charge in [0.25, 0.3) is 5.91 Å². The first-order valence-electron chi connectivity index (χ1n) is 9.92. The maximum absolute atomic E-state index is 12.5. The minimum Gasteiger partial charge on any atom is -0.486 e. The molecule has 1 unspecified atom stereocenters. The minimum absolute atomic E-state index is 0.104. The average molecular weight is 417 g/mol. The Balaban J connectivity index is 1.36. The van der Waals surface area contributed by atoms with Crippen LogP contribution in [0.4, 0.5) is 5.82 Å². The number of fused-ring (bicyclic) bond motifs is 1. The quantitative estimate of drug-likeness (QED) is 0.779. The summed E-state index contributed by atoms with van der Waals surface area (Å²) in [7, 11) is 0. The summed E-state index contributed by atoms with van der Waals surface area (Å²) in [6.07, 6.45) is 4.76. The topological polar surface area (TPSA) is 89.7 Å². The fourth-order valence-electron chi connectivity index (χ4n) is 3.90. The second kappa shape index (κ2) is 8.88. The van der Waals surface area contributed by atoms with Crippen LogP contribution in [-0.2, 0) is 0 Å². The Hall–Kier alpha value is -2.51. The fraction of sp³-hybridized carbons (Fsp3) is 0.429. The maximum Gasteiger partial charge on any atom is 0.255 e. The molecule has 1 aromatic heterocycles. The molecule has 4 rings (SSSR count). The van der Waals surface area contributed by atoms with E-state index in [2.05, 4.69) is 15.2 Å². The lowest BCUT2D eigenvalue weighted by molar-refractivity contribution is 0.0342. The lowest BCUT2D eigenvalue weighted by Gasteiger charge is -2.39. The number of pyridine rings is 1. The van der Waals surface area contributed by atoms with Crippen molar-refractivity contribution < 1.29 is 14.3 Å². The largest absolute Gasteiger partial charge is 0.486 e. The van der Waals surface area contributed by atoms with Gasteiger partial charge >= 0.3 is 0 Å². The number of anilines is 1. The van der Waals surface area contributed by atoms with Crippen molar-refractivity contribution in [3.8, 4) is 11.5 Å². The summed E-state index contributed by atoms with van der Waals surface area (Å²) >= 11 is 6.25. The summed E-state index contributed by atoms with van der Waals surface area (Å²) in [5, 5.41) is 3.57. The number of piperidine rings is 1. The molecule has 0 spiro atoms. The van der Waals surface area contributed by atoms with Crippen LogP contribution in [0.2, 0.25) is 5.02 Å². The number of hydrogen-bond donors (Lipinski definition) is 2. The van der Waals surface area contributed by atoms with Crippen molar-refractivity contribution in [2.45, 2.75) is 31.4 Å². The number of hydrogen-bond acceptors (Lipinski definition) is 6. The predicted octanol–water partition coefficient (Wildman–Crippen LogP) is 2.74. The fourth-order valence-corrected chi connectivity index (χ4v) is 4.11. The molecule has 154 valence electrons. The number of amides is 1. The van der Waals surface area contributed by atoms with Gasteiger partial charge in [-0.3, -0.25) is 9.69 Å². The summed E-state index contributed by atoms with van der Waals surface area (Å²) in [5.41, 5.74) is 6.22. The molecule has 2 aliphatic heterocycles. The third-order valence-corrected chi connectivity index (χ3v) is 5.71. The number of nitrogens with zero attached hydrogens (tertiary/aromatic N) is 2. The molecule has 0 bridgehead atoms. The summed E-state index contributed by atoms with van der Waals surface area (Å²) in [6, 6.07) is 9.15. The van der Waals surface area contributed by atoms with Gasteiger partial charge in [0.05, 0.1) is 10.6 Å². The molecule has 3 heterocycles. The van der Waals surface area contributed by atoms with Crippen LogP contribution in [0.1, 0.15) is 29.6 Å². The van der Waals surface area contributed by atoms with Crippen molar-refractivity contribution in [1.29, 1.82) is 0 Å². The number of carbonyl (C=O) groups excluding carboxylic acids is 1. The van der Waals surface area contributed by atoms with Gasteiger partial charge in [0.15, 0.2) is 11.5 Å². The number of likely N-dealkylation sites (tertiary alicyclic amines) is 1. The highest BCUT2D eigenvalue weighted by Gasteiger charge is 2.30. The summed E-state index contributed by atoms with van der Waals surface area (Å²) in [5.74, 6) is 1.34. The van der Waals surface area contributed by atoms with Crippen molar-refractivity contribution >= 4 is 23.3 Å². The third-order valence-electron chi connectivity index (χ3n) is 5.41. The van der Waals surface area contributed by atoms with Gasteiger partial charge in [-0.1, -0.05) is 24.1 Å². The molecule has 2 atom stereocenters. The Morgan fingerprint density at radius 1 is 1.31 bits per heavy atom. The van der Waals surface area contributed by atoms with E-state index in [1.807, 2.05) is 12.1 Å². The van der Waals surface area contributed by atoms with Gasteiger partial charge in [0, 0.05) is 25.3 Å². The van der Waals surface area contributed by atoms with Crippen molar-refractivity contribution in [2.24, 2.45) is 0 Å². The Morgan fingerprint density at radius 3 is 3.07 bits per heavy atom. The SMILES string of the molecule is Nc1ncccc1C(=O)NC[C@@H]1CCCCN1CC1COc2cccc(Cl)c2O1. The number of rotatable bonds is 5. The van der Waals surface area contributed by atoms with Crippen LogP contribution in [0.5, 0.6) is 11.5 Å². The number of nitrogens with two attached hydrogens (primary N) is 1. The highest BCUT2D eigenvalue weighted by atomic mass is 35.5. The van der Waals surface area contributed by atoms with Gasteiger partial charge < -0.3 is 20.5 Å². The van der Waals surface area contributed by atoms with Crippen LogP contribution in [0.25, 0.3) is 0 Å². The third kappa shape index (κ3) is 4.57. The Labute approximate surface area is 175 Å². The zero-order valence-electron chi connectivity index (χ0n) is 16.1. The number of halogens is 1. The number of nitrogen functional groups attached to an aromatic ring is 1. The number of para-hydroxylation sites is 1. The molecule has 2 aromatic rings. The number of nitrogens with one attached hydrogen (secondary N) is 1. The van der Waals surface area contributed by atoms with Crippen LogP contribution >= 0.6 is 11.6 Å². The van der Waals surface area contributed by atoms with Crippen molar-refractivity contribution in [3.05, 3.63) is 47.1 Å². The zero-order chi connectivity index (χ0) is 20.2. The summed E-state index contributed by atoms with van der Waals surface area (Å²) in [4.78, 5) is 18.8. The van der Waals surface area contributed by atoms with E-state index in [0.29, 0.717) is 35.2 Å². The normalized spacial score (nSPS) is 21.6. The highest BCUT2D eigenvalue weighted by Crippen LogP contribution is 2.38. The Bertz CT molecular complexity index is 879. The van der Waals surface area contributed by atoms with Gasteiger partial charge in [-0.15, -0.1) is 0 Å². The molecule has 0 radical (unpaired) electrons. The number of benzene rings is 1. The lowest BCUT2D eigenvalue weighted by Crippen LogP contribution is -2.51. The second-order valence-electron chi connectivity index (χ2n) is 7.41. The van der Waals surface area contributed by atoms with E-state index in [1.54, 1.807) is 24.4 Å². The molecule has 2 aliphatic rings. The summed E-state index contributed by atoms with van der Waals surface area (Å²) < 4.78 is 11.9. The number of aromatic nitrogens is 1. The monoisotopic (exact) mass is 416 g/mol. The standard InChI is InChI=1S/C21H25ClN4O3/c22-17-7-3-8-18-19(17)29-15(13-28-18)12-26-10-2-1-5-14(26)11-25-21(27)16-6-4-9-24-20(16)23/h3-4,6-9,14-15H,1-2,5,10-13H2,(H2,23,24)(H,25,27)/t14-,15?/m0/s1. The molecule has 1 saturated heterocycles. The first-order chi connectivity index (χ1) is 14.1. The van der Waals surface area contributed by atoms with E-state index in [0.717, 1.165) is 32.4 Å². The molecule has 0 aliphatic carbocycles. The highest BCUT2D eigenvalue weighted by molar-refractivity contribution is 6.32. The minimum atomic E-state index is -0.195. The molecule has 8 heteroatoms. The molecule has 1 aromatic carbocycles. The Kier molecular flexibility index (Phi) is 6.06. The summed E-state index contributed by atoms with van der Waals surface area (Å²) in [6.45, 7) is 2.72. The average Bonchev–Trinajstić information content (AvgIpc) is 2.74. The van der Waals surface area contributed by atoms with Crippen LogP contribution in [-0.4, -0.2) is 54.2 Å². The second-order valence-corrected chi connectivity index (χ2v) is 7.82. The lowest BCUT2D eigenvalue weighted by atomic mass is 10.0. The van der Waals surface area contributed by atoms with Gasteiger partial charge in [-0.25, -0.2) is 4.98 Å². The zero-order valence-corrected chi connectivity index (χ0v) is 16.9. The molecule has 0 saturated carbocycles. The Morgan fingerprint density at radius 2 is 2.21 bits per heavy atom. The van der Waals surface area contributed by atoms with Gasteiger partial charge in [-0.05, 0) is 43.7 Å².